The van der Waals surface area contributed by atoms with Gasteiger partial charge in [-0.3, -0.25) is 9.10 Å². The van der Waals surface area contributed by atoms with Crippen LogP contribution in [0, 0.1) is 13.8 Å². The first-order chi connectivity index (χ1) is 17.3. The molecular formula is C28H28N4O3S. The van der Waals surface area contributed by atoms with Gasteiger partial charge in [0.25, 0.3) is 5.91 Å². The van der Waals surface area contributed by atoms with Crippen molar-refractivity contribution in [2.75, 3.05) is 21.9 Å². The number of rotatable bonds is 4. The second-order valence-electron chi connectivity index (χ2n) is 9.18. The summed E-state index contributed by atoms with van der Waals surface area (Å²) in [6.07, 6.45) is 4.22. The highest BCUT2D eigenvalue weighted by molar-refractivity contribution is 7.92. The van der Waals surface area contributed by atoms with E-state index in [1.54, 1.807) is 24.4 Å². The molecule has 1 aromatic heterocycles. The van der Waals surface area contributed by atoms with E-state index in [9.17, 15) is 13.2 Å². The maximum absolute atomic E-state index is 13.1. The molecule has 1 aliphatic heterocycles. The lowest BCUT2D eigenvalue weighted by Crippen LogP contribution is -2.32. The fourth-order valence-electron chi connectivity index (χ4n) is 4.55. The monoisotopic (exact) mass is 500 g/mol. The number of amides is 1. The number of carbonyl (C=O) groups is 1. The minimum atomic E-state index is -3.34. The van der Waals surface area contributed by atoms with Crippen LogP contribution in [0.1, 0.15) is 40.7 Å². The van der Waals surface area contributed by atoms with E-state index < -0.39 is 10.0 Å². The molecule has 36 heavy (non-hydrogen) atoms. The molecule has 8 heteroatoms. The number of aromatic nitrogens is 2. The van der Waals surface area contributed by atoms with Crippen molar-refractivity contribution in [3.05, 3.63) is 83.6 Å². The van der Waals surface area contributed by atoms with Crippen molar-refractivity contribution in [2.24, 2.45) is 0 Å². The van der Waals surface area contributed by atoms with E-state index in [0.29, 0.717) is 35.7 Å². The molecule has 0 spiro atoms. The van der Waals surface area contributed by atoms with Crippen LogP contribution >= 0.6 is 0 Å². The summed E-state index contributed by atoms with van der Waals surface area (Å²) in [5.41, 5.74) is 5.16. The number of aryl methyl sites for hydroxylation is 2. The van der Waals surface area contributed by atoms with Crippen LogP contribution in [0.25, 0.3) is 22.3 Å². The van der Waals surface area contributed by atoms with Crippen molar-refractivity contribution in [3.63, 3.8) is 0 Å². The Hall–Kier alpha value is -3.78. The summed E-state index contributed by atoms with van der Waals surface area (Å²) >= 11 is 0. The van der Waals surface area contributed by atoms with Crippen molar-refractivity contribution in [1.82, 2.24) is 9.97 Å². The van der Waals surface area contributed by atoms with E-state index in [0.717, 1.165) is 40.4 Å². The van der Waals surface area contributed by atoms with Gasteiger partial charge in [0.1, 0.15) is 0 Å². The van der Waals surface area contributed by atoms with E-state index >= 15 is 0 Å². The van der Waals surface area contributed by atoms with Crippen molar-refractivity contribution < 1.29 is 13.2 Å². The molecule has 7 nitrogen and oxygen atoms in total. The Balaban J connectivity index is 1.39. The van der Waals surface area contributed by atoms with Crippen LogP contribution in [-0.2, 0) is 10.0 Å². The van der Waals surface area contributed by atoms with E-state index in [1.165, 1.54) is 4.31 Å². The highest BCUT2D eigenvalue weighted by Crippen LogP contribution is 2.28. The normalized spacial score (nSPS) is 15.4. The summed E-state index contributed by atoms with van der Waals surface area (Å²) in [4.78, 5) is 22.4. The van der Waals surface area contributed by atoms with Gasteiger partial charge in [-0.05, 0) is 74.2 Å². The van der Waals surface area contributed by atoms with Crippen LogP contribution in [-0.4, -0.2) is 36.6 Å². The Bertz CT molecular complexity index is 1570. The van der Waals surface area contributed by atoms with E-state index in [1.807, 2.05) is 56.3 Å². The molecule has 0 aliphatic carbocycles. The number of hydrogen-bond acceptors (Lipinski definition) is 5. The SMILES string of the molecule is Cc1cc(N2CCCCCS2(=O)=O)ccc1C(=O)Nc1ccc(C)c(-c2ncc3ccccc3n2)c1. The average Bonchev–Trinajstić information content (AvgIpc) is 3.04. The Morgan fingerprint density at radius 2 is 1.78 bits per heavy atom. The number of anilines is 2. The zero-order valence-corrected chi connectivity index (χ0v) is 21.2. The third-order valence-electron chi connectivity index (χ3n) is 6.57. The summed E-state index contributed by atoms with van der Waals surface area (Å²) in [5.74, 6) is 0.499. The molecule has 1 fully saturated rings. The predicted octanol–water partition coefficient (Wildman–Crippen LogP) is 5.49. The molecule has 3 aromatic carbocycles. The molecule has 0 radical (unpaired) electrons. The molecular weight excluding hydrogens is 472 g/mol. The molecule has 1 aliphatic rings. The van der Waals surface area contributed by atoms with Crippen LogP contribution in [0.2, 0.25) is 0 Å². The first-order valence-electron chi connectivity index (χ1n) is 12.1. The van der Waals surface area contributed by atoms with Crippen LogP contribution in [0.4, 0.5) is 11.4 Å². The minimum absolute atomic E-state index is 0.158. The quantitative estimate of drug-likeness (QED) is 0.400. The number of nitrogens with one attached hydrogen (secondary N) is 1. The van der Waals surface area contributed by atoms with Gasteiger partial charge in [-0.15, -0.1) is 0 Å². The van der Waals surface area contributed by atoms with Gasteiger partial charge in [0.2, 0.25) is 10.0 Å². The molecule has 2 heterocycles. The van der Waals surface area contributed by atoms with Crippen LogP contribution in [0.3, 0.4) is 0 Å². The molecule has 0 unspecified atom stereocenters. The number of nitrogens with zero attached hydrogens (tertiary/aromatic N) is 3. The van der Waals surface area contributed by atoms with Gasteiger partial charge in [-0.25, -0.2) is 18.4 Å². The summed E-state index contributed by atoms with van der Waals surface area (Å²) in [7, 11) is -3.34. The average molecular weight is 501 g/mol. The van der Waals surface area contributed by atoms with Crippen molar-refractivity contribution in [1.29, 1.82) is 0 Å². The number of para-hydroxylation sites is 1. The Morgan fingerprint density at radius 1 is 0.944 bits per heavy atom. The minimum Gasteiger partial charge on any atom is -0.322 e. The maximum Gasteiger partial charge on any atom is 0.255 e. The number of sulfonamides is 1. The van der Waals surface area contributed by atoms with Gasteiger partial charge in [0.15, 0.2) is 5.82 Å². The summed E-state index contributed by atoms with van der Waals surface area (Å²) in [6.45, 7) is 4.28. The number of benzene rings is 3. The maximum atomic E-state index is 13.1. The molecule has 1 saturated heterocycles. The lowest BCUT2D eigenvalue weighted by molar-refractivity contribution is 0.102. The second-order valence-corrected chi connectivity index (χ2v) is 11.2. The lowest BCUT2D eigenvalue weighted by atomic mass is 10.0. The zero-order valence-electron chi connectivity index (χ0n) is 20.4. The fourth-order valence-corrected chi connectivity index (χ4v) is 6.19. The second kappa shape index (κ2) is 9.70. The van der Waals surface area contributed by atoms with Crippen molar-refractivity contribution in [3.8, 4) is 11.4 Å². The first-order valence-corrected chi connectivity index (χ1v) is 13.7. The smallest absolute Gasteiger partial charge is 0.255 e. The van der Waals surface area contributed by atoms with E-state index in [-0.39, 0.29) is 11.7 Å². The van der Waals surface area contributed by atoms with Crippen molar-refractivity contribution in [2.45, 2.75) is 33.1 Å². The Morgan fingerprint density at radius 3 is 2.61 bits per heavy atom. The third-order valence-corrected chi connectivity index (χ3v) is 8.44. The Kier molecular flexibility index (Phi) is 6.45. The van der Waals surface area contributed by atoms with Crippen LogP contribution < -0.4 is 9.62 Å². The molecule has 1 N–H and O–H groups in total. The van der Waals surface area contributed by atoms with Gasteiger partial charge in [0.05, 0.1) is 17.0 Å². The van der Waals surface area contributed by atoms with Crippen LogP contribution in [0.15, 0.2) is 66.9 Å². The fraction of sp³-hybridized carbons (Fsp3) is 0.250. The van der Waals surface area contributed by atoms with Gasteiger partial charge in [-0.1, -0.05) is 30.7 Å². The number of hydrogen-bond donors (Lipinski definition) is 1. The van der Waals surface area contributed by atoms with Gasteiger partial charge >= 0.3 is 0 Å². The summed E-state index contributed by atoms with van der Waals surface area (Å²) < 4.78 is 26.8. The zero-order chi connectivity index (χ0) is 25.3. The molecule has 184 valence electrons. The highest BCUT2D eigenvalue weighted by Gasteiger charge is 2.25. The summed E-state index contributed by atoms with van der Waals surface area (Å²) in [5, 5.41) is 3.94. The molecule has 4 aromatic rings. The number of carbonyl (C=O) groups excluding carboxylic acids is 1. The van der Waals surface area contributed by atoms with Crippen LogP contribution in [0.5, 0.6) is 0 Å². The molecule has 5 rings (SSSR count). The molecule has 0 bridgehead atoms. The van der Waals surface area contributed by atoms with E-state index in [4.69, 9.17) is 4.98 Å². The van der Waals surface area contributed by atoms with Crippen molar-refractivity contribution >= 4 is 38.2 Å². The largest absolute Gasteiger partial charge is 0.322 e. The topological polar surface area (TPSA) is 92.3 Å². The molecule has 0 saturated carbocycles. The summed E-state index contributed by atoms with van der Waals surface area (Å²) in [6, 6.07) is 18.7. The highest BCUT2D eigenvalue weighted by atomic mass is 32.2. The first kappa shape index (κ1) is 23.9. The predicted molar refractivity (Wildman–Crippen MR) is 144 cm³/mol. The molecule has 1 amide bonds. The van der Waals surface area contributed by atoms with E-state index in [2.05, 4.69) is 10.3 Å². The van der Waals surface area contributed by atoms with Gasteiger partial charge in [-0.2, -0.15) is 0 Å². The third kappa shape index (κ3) is 4.81. The molecule has 0 atom stereocenters. The number of fused-ring (bicyclic) bond motifs is 1. The lowest BCUT2D eigenvalue weighted by Gasteiger charge is -2.23. The van der Waals surface area contributed by atoms with Gasteiger partial charge in [0, 0.05) is 34.9 Å². The Labute approximate surface area is 211 Å². The van der Waals surface area contributed by atoms with Gasteiger partial charge < -0.3 is 5.32 Å². The standard InChI is InChI=1S/C28H28N4O3S/c1-19-10-11-22(17-25(19)27-29-18-21-8-4-5-9-26(21)31-27)30-28(33)24-13-12-23(16-20(24)2)32-14-6-3-7-15-36(32,34)35/h4-5,8-13,16-18H,3,6-7,14-15H2,1-2H3,(H,30,33).